The van der Waals surface area contributed by atoms with E-state index < -0.39 is 18.2 Å². The van der Waals surface area contributed by atoms with E-state index in [9.17, 15) is 23.1 Å². The van der Waals surface area contributed by atoms with E-state index in [1.807, 2.05) is 0 Å². The van der Waals surface area contributed by atoms with Gasteiger partial charge in [0.2, 0.25) is 5.91 Å². The zero-order chi connectivity index (χ0) is 16.9. The van der Waals surface area contributed by atoms with Crippen molar-refractivity contribution >= 4 is 11.6 Å². The second kappa shape index (κ2) is 7.34. The smallest absolute Gasteiger partial charge is 0.389 e. The Balaban J connectivity index is 1.90. The summed E-state index contributed by atoms with van der Waals surface area (Å²) in [5.74, 6) is -0.303. The number of halogens is 3. The average Bonchev–Trinajstić information content (AvgIpc) is 2.45. The average molecular weight is 329 g/mol. The molecule has 3 nitrogen and oxygen atoms in total. The minimum absolute atomic E-state index is 0.0276. The van der Waals surface area contributed by atoms with Crippen LogP contribution < -0.4 is 5.32 Å². The highest BCUT2D eigenvalue weighted by Gasteiger charge is 2.31. The maximum absolute atomic E-state index is 12.3. The summed E-state index contributed by atoms with van der Waals surface area (Å²) in [6, 6.07) is 6.42. The maximum atomic E-state index is 12.3. The van der Waals surface area contributed by atoms with E-state index in [-0.39, 0.29) is 18.7 Å². The minimum Gasteiger partial charge on any atom is -0.389 e. The van der Waals surface area contributed by atoms with E-state index in [1.165, 1.54) is 0 Å². The number of alkyl halides is 3. The SMILES string of the molecule is O=C(CC1(O)CCCCC1)Nc1cccc(CCC(F)(F)F)c1. The van der Waals surface area contributed by atoms with Crippen LogP contribution in [-0.4, -0.2) is 22.8 Å². The van der Waals surface area contributed by atoms with Crippen LogP contribution in [0.4, 0.5) is 18.9 Å². The van der Waals surface area contributed by atoms with E-state index in [2.05, 4.69) is 5.32 Å². The van der Waals surface area contributed by atoms with E-state index >= 15 is 0 Å². The van der Waals surface area contributed by atoms with Crippen molar-refractivity contribution in [3.05, 3.63) is 29.8 Å². The van der Waals surface area contributed by atoms with Crippen LogP contribution in [0.25, 0.3) is 0 Å². The molecule has 1 aliphatic rings. The number of carbonyl (C=O) groups excluding carboxylic acids is 1. The van der Waals surface area contributed by atoms with Gasteiger partial charge in [-0.2, -0.15) is 13.2 Å². The lowest BCUT2D eigenvalue weighted by Gasteiger charge is -2.31. The second-order valence-corrected chi connectivity index (χ2v) is 6.33. The molecule has 1 aromatic rings. The fraction of sp³-hybridized carbons (Fsp3) is 0.588. The van der Waals surface area contributed by atoms with Crippen molar-refractivity contribution in [3.8, 4) is 0 Å². The number of nitrogens with one attached hydrogen (secondary N) is 1. The molecule has 0 heterocycles. The van der Waals surface area contributed by atoms with Crippen molar-refractivity contribution in [2.24, 2.45) is 0 Å². The summed E-state index contributed by atoms with van der Waals surface area (Å²) in [6.07, 6.45) is -1.03. The van der Waals surface area contributed by atoms with Gasteiger partial charge in [0.15, 0.2) is 0 Å². The van der Waals surface area contributed by atoms with Crippen LogP contribution in [0.15, 0.2) is 24.3 Å². The Kier molecular flexibility index (Phi) is 5.68. The minimum atomic E-state index is -4.19. The molecule has 0 saturated heterocycles. The molecule has 0 unspecified atom stereocenters. The molecule has 6 heteroatoms. The van der Waals surface area contributed by atoms with Crippen molar-refractivity contribution in [1.82, 2.24) is 0 Å². The molecule has 0 radical (unpaired) electrons. The molecule has 2 N–H and O–H groups in total. The van der Waals surface area contributed by atoms with E-state index in [0.29, 0.717) is 24.1 Å². The monoisotopic (exact) mass is 329 g/mol. The van der Waals surface area contributed by atoms with Crippen molar-refractivity contribution in [3.63, 3.8) is 0 Å². The van der Waals surface area contributed by atoms with Gasteiger partial charge in [-0.05, 0) is 37.0 Å². The van der Waals surface area contributed by atoms with Crippen LogP contribution in [0.3, 0.4) is 0 Å². The van der Waals surface area contributed by atoms with E-state index in [4.69, 9.17) is 0 Å². The first-order valence-corrected chi connectivity index (χ1v) is 7.94. The molecule has 23 heavy (non-hydrogen) atoms. The lowest BCUT2D eigenvalue weighted by molar-refractivity contribution is -0.134. The van der Waals surface area contributed by atoms with Crippen LogP contribution in [0.5, 0.6) is 0 Å². The first kappa shape index (κ1) is 17.8. The summed E-state index contributed by atoms with van der Waals surface area (Å²) in [5, 5.41) is 13.0. The number of rotatable bonds is 5. The Morgan fingerprint density at radius 1 is 1.22 bits per heavy atom. The maximum Gasteiger partial charge on any atom is 0.389 e. The molecule has 0 bridgehead atoms. The fourth-order valence-corrected chi connectivity index (χ4v) is 2.98. The first-order chi connectivity index (χ1) is 10.8. The number of anilines is 1. The summed E-state index contributed by atoms with van der Waals surface area (Å²) >= 11 is 0. The number of carbonyl (C=O) groups is 1. The number of amides is 1. The van der Waals surface area contributed by atoms with Crippen LogP contribution in [-0.2, 0) is 11.2 Å². The number of hydrogen-bond acceptors (Lipinski definition) is 2. The third-order valence-electron chi connectivity index (χ3n) is 4.18. The molecule has 1 aromatic carbocycles. The van der Waals surface area contributed by atoms with Crippen LogP contribution in [0.2, 0.25) is 0 Å². The van der Waals surface area contributed by atoms with Gasteiger partial charge in [0, 0.05) is 12.1 Å². The number of aryl methyl sites for hydroxylation is 1. The Hall–Kier alpha value is -1.56. The molecule has 128 valence electrons. The number of hydrogen-bond donors (Lipinski definition) is 2. The highest BCUT2D eigenvalue weighted by Crippen LogP contribution is 2.31. The van der Waals surface area contributed by atoms with Crippen LogP contribution in [0, 0.1) is 0 Å². The third-order valence-corrected chi connectivity index (χ3v) is 4.18. The van der Waals surface area contributed by atoms with Gasteiger partial charge in [-0.1, -0.05) is 31.4 Å². The van der Waals surface area contributed by atoms with E-state index in [1.54, 1.807) is 24.3 Å². The molecule has 1 aliphatic carbocycles. The lowest BCUT2D eigenvalue weighted by Crippen LogP contribution is -2.35. The molecule has 0 atom stereocenters. The fourth-order valence-electron chi connectivity index (χ4n) is 2.98. The first-order valence-electron chi connectivity index (χ1n) is 7.94. The predicted molar refractivity (Wildman–Crippen MR) is 82.1 cm³/mol. The van der Waals surface area contributed by atoms with Gasteiger partial charge in [-0.3, -0.25) is 4.79 Å². The third kappa shape index (κ3) is 6.22. The van der Waals surface area contributed by atoms with Crippen molar-refractivity contribution in [1.29, 1.82) is 0 Å². The zero-order valence-electron chi connectivity index (χ0n) is 13.0. The quantitative estimate of drug-likeness (QED) is 0.850. The molecule has 0 aromatic heterocycles. The van der Waals surface area contributed by atoms with Crippen molar-refractivity contribution < 1.29 is 23.1 Å². The van der Waals surface area contributed by atoms with Crippen LogP contribution in [0.1, 0.15) is 50.5 Å². The standard InChI is InChI=1S/C17H22F3NO2/c18-17(19,20)10-7-13-5-4-6-14(11-13)21-15(22)12-16(23)8-2-1-3-9-16/h4-6,11,23H,1-3,7-10,12H2,(H,21,22). The summed E-state index contributed by atoms with van der Waals surface area (Å²) in [7, 11) is 0. The molecular formula is C17H22F3NO2. The molecule has 0 aliphatic heterocycles. The van der Waals surface area contributed by atoms with Crippen molar-refractivity contribution in [2.75, 3.05) is 5.32 Å². The van der Waals surface area contributed by atoms with Gasteiger partial charge in [0.05, 0.1) is 12.0 Å². The number of aliphatic hydroxyl groups is 1. The Bertz CT molecular complexity index is 537. The Labute approximate surface area is 133 Å². The lowest BCUT2D eigenvalue weighted by atomic mass is 9.82. The summed E-state index contributed by atoms with van der Waals surface area (Å²) in [6.45, 7) is 0. The van der Waals surface area contributed by atoms with Gasteiger partial charge >= 0.3 is 6.18 Å². The largest absolute Gasteiger partial charge is 0.389 e. The highest BCUT2D eigenvalue weighted by atomic mass is 19.4. The van der Waals surface area contributed by atoms with Gasteiger partial charge in [-0.25, -0.2) is 0 Å². The summed E-state index contributed by atoms with van der Waals surface area (Å²) in [5.41, 5.74) is 0.0431. The van der Waals surface area contributed by atoms with Gasteiger partial charge in [-0.15, -0.1) is 0 Å². The van der Waals surface area contributed by atoms with Gasteiger partial charge in [0.1, 0.15) is 0 Å². The topological polar surface area (TPSA) is 49.3 Å². The molecule has 2 rings (SSSR count). The Morgan fingerprint density at radius 3 is 2.57 bits per heavy atom. The van der Waals surface area contributed by atoms with Gasteiger partial charge in [0.25, 0.3) is 0 Å². The molecule has 0 spiro atoms. The number of benzene rings is 1. The molecule has 1 amide bonds. The second-order valence-electron chi connectivity index (χ2n) is 6.33. The van der Waals surface area contributed by atoms with Gasteiger partial charge < -0.3 is 10.4 Å². The molecular weight excluding hydrogens is 307 g/mol. The highest BCUT2D eigenvalue weighted by molar-refractivity contribution is 5.91. The van der Waals surface area contributed by atoms with E-state index in [0.717, 1.165) is 19.3 Å². The predicted octanol–water partition coefficient (Wildman–Crippen LogP) is 4.21. The summed E-state index contributed by atoms with van der Waals surface area (Å²) in [4.78, 5) is 12.1. The zero-order valence-corrected chi connectivity index (χ0v) is 13.0. The summed E-state index contributed by atoms with van der Waals surface area (Å²) < 4.78 is 36.8. The Morgan fingerprint density at radius 2 is 1.91 bits per heavy atom. The molecule has 1 saturated carbocycles. The van der Waals surface area contributed by atoms with Crippen molar-refractivity contribution in [2.45, 2.75) is 63.1 Å². The van der Waals surface area contributed by atoms with Crippen LogP contribution >= 0.6 is 0 Å². The molecule has 1 fully saturated rings. The normalized spacial score (nSPS) is 17.7.